The number of nitrogens with one attached hydrogen (secondary N) is 1. The molecule has 7 heteroatoms. The van der Waals surface area contributed by atoms with Crippen molar-refractivity contribution in [3.8, 4) is 11.4 Å². The number of halogens is 1. The summed E-state index contributed by atoms with van der Waals surface area (Å²) in [4.78, 5) is 21.6. The Bertz CT molecular complexity index is 1470. The predicted octanol–water partition coefficient (Wildman–Crippen LogP) is 5.70. The van der Waals surface area contributed by atoms with Crippen molar-refractivity contribution in [2.75, 3.05) is 6.61 Å². The van der Waals surface area contributed by atoms with Gasteiger partial charge in [-0.25, -0.2) is 9.37 Å². The van der Waals surface area contributed by atoms with Crippen molar-refractivity contribution < 1.29 is 9.13 Å². The first-order chi connectivity index (χ1) is 15.7. The minimum atomic E-state index is -0.275. The first-order valence-electron chi connectivity index (χ1n) is 10.3. The monoisotopic (exact) mass is 445 g/mol. The van der Waals surface area contributed by atoms with Crippen molar-refractivity contribution >= 4 is 33.7 Å². The van der Waals surface area contributed by atoms with E-state index >= 15 is 0 Å². The van der Waals surface area contributed by atoms with Crippen LogP contribution in [-0.2, 0) is 5.75 Å². The molecular formula is C25H20FN3O2S. The van der Waals surface area contributed by atoms with Crippen LogP contribution >= 0.6 is 11.8 Å². The van der Waals surface area contributed by atoms with Crippen molar-refractivity contribution in [2.45, 2.75) is 17.8 Å². The Morgan fingerprint density at radius 3 is 2.56 bits per heavy atom. The fraction of sp³-hybridized carbons (Fsp3) is 0.120. The number of ether oxygens (including phenoxy) is 1. The van der Waals surface area contributed by atoms with Gasteiger partial charge < -0.3 is 9.72 Å². The van der Waals surface area contributed by atoms with Crippen LogP contribution in [0.4, 0.5) is 4.39 Å². The smallest absolute Gasteiger partial charge is 0.283 e. The number of thioether (sulfide) groups is 1. The second-order valence-electron chi connectivity index (χ2n) is 7.24. The average molecular weight is 446 g/mol. The van der Waals surface area contributed by atoms with Crippen LogP contribution < -0.4 is 10.3 Å². The highest BCUT2D eigenvalue weighted by Crippen LogP contribution is 2.29. The van der Waals surface area contributed by atoms with Gasteiger partial charge in [-0.15, -0.1) is 0 Å². The van der Waals surface area contributed by atoms with E-state index in [9.17, 15) is 9.18 Å². The Hall–Kier alpha value is -3.58. The summed E-state index contributed by atoms with van der Waals surface area (Å²) in [6.07, 6.45) is 0. The lowest BCUT2D eigenvalue weighted by molar-refractivity contribution is 0.340. The van der Waals surface area contributed by atoms with Crippen LogP contribution in [-0.4, -0.2) is 21.1 Å². The zero-order chi connectivity index (χ0) is 22.1. The molecule has 0 fully saturated rings. The van der Waals surface area contributed by atoms with Gasteiger partial charge in [0.05, 0.1) is 12.3 Å². The minimum Gasteiger partial charge on any atom is -0.494 e. The summed E-state index contributed by atoms with van der Waals surface area (Å²) in [7, 11) is 0. The van der Waals surface area contributed by atoms with Gasteiger partial charge >= 0.3 is 0 Å². The number of hydrogen-bond donors (Lipinski definition) is 1. The molecule has 0 aliphatic heterocycles. The van der Waals surface area contributed by atoms with Gasteiger partial charge in [0.15, 0.2) is 5.16 Å². The third-order valence-electron chi connectivity index (χ3n) is 5.21. The van der Waals surface area contributed by atoms with E-state index in [-0.39, 0.29) is 11.4 Å². The summed E-state index contributed by atoms with van der Waals surface area (Å²) in [5, 5.41) is 1.38. The number of nitrogens with zero attached hydrogens (tertiary/aromatic N) is 2. The molecule has 5 rings (SSSR count). The Morgan fingerprint density at radius 1 is 1.03 bits per heavy atom. The van der Waals surface area contributed by atoms with E-state index in [0.29, 0.717) is 39.8 Å². The molecule has 5 aromatic rings. The van der Waals surface area contributed by atoms with E-state index in [0.717, 1.165) is 16.7 Å². The number of H-pyrrole nitrogens is 1. The normalized spacial score (nSPS) is 11.3. The third kappa shape index (κ3) is 3.65. The highest BCUT2D eigenvalue weighted by atomic mass is 32.2. The number of aromatic nitrogens is 3. The molecule has 0 unspecified atom stereocenters. The van der Waals surface area contributed by atoms with Gasteiger partial charge in [0, 0.05) is 16.7 Å². The topological polar surface area (TPSA) is 59.9 Å². The molecule has 0 amide bonds. The molecule has 0 radical (unpaired) electrons. The number of para-hydroxylation sites is 1. The van der Waals surface area contributed by atoms with Crippen LogP contribution in [0, 0.1) is 5.82 Å². The number of aromatic amines is 1. The lowest BCUT2D eigenvalue weighted by atomic mass is 10.2. The summed E-state index contributed by atoms with van der Waals surface area (Å²) >= 11 is 1.33. The molecule has 160 valence electrons. The molecule has 0 bridgehead atoms. The van der Waals surface area contributed by atoms with E-state index < -0.39 is 0 Å². The van der Waals surface area contributed by atoms with E-state index in [2.05, 4.69) is 4.98 Å². The minimum absolute atomic E-state index is 0.202. The van der Waals surface area contributed by atoms with Gasteiger partial charge in [0.25, 0.3) is 5.56 Å². The molecule has 3 aromatic carbocycles. The van der Waals surface area contributed by atoms with Crippen molar-refractivity contribution in [2.24, 2.45) is 0 Å². The molecule has 0 aliphatic carbocycles. The first kappa shape index (κ1) is 20.3. The molecule has 1 N–H and O–H groups in total. The molecule has 0 saturated carbocycles. The largest absolute Gasteiger partial charge is 0.494 e. The van der Waals surface area contributed by atoms with E-state index in [1.807, 2.05) is 55.5 Å². The molecule has 0 saturated heterocycles. The summed E-state index contributed by atoms with van der Waals surface area (Å²) in [6, 6.07) is 21.6. The number of fused-ring (bicyclic) bond motifs is 3. The fourth-order valence-electron chi connectivity index (χ4n) is 3.68. The highest BCUT2D eigenvalue weighted by Gasteiger charge is 2.18. The van der Waals surface area contributed by atoms with Gasteiger partial charge in [0.2, 0.25) is 0 Å². The maximum absolute atomic E-state index is 14.2. The Kier molecular flexibility index (Phi) is 5.41. The lowest BCUT2D eigenvalue weighted by Gasteiger charge is -2.13. The van der Waals surface area contributed by atoms with Crippen LogP contribution in [0.3, 0.4) is 0 Å². The van der Waals surface area contributed by atoms with E-state index in [1.165, 1.54) is 17.8 Å². The first-order valence-corrected chi connectivity index (χ1v) is 11.3. The maximum atomic E-state index is 14.2. The molecule has 0 atom stereocenters. The van der Waals surface area contributed by atoms with Crippen LogP contribution in [0.1, 0.15) is 12.5 Å². The van der Waals surface area contributed by atoms with Crippen molar-refractivity contribution in [1.82, 2.24) is 14.5 Å². The Balaban J connectivity index is 1.67. The van der Waals surface area contributed by atoms with Gasteiger partial charge in [-0.05, 0) is 48.9 Å². The SMILES string of the molecule is CCOc1ccc(-n2c(SCc3ccccc3F)nc3c([nH]c4ccccc43)c2=O)cc1. The van der Waals surface area contributed by atoms with Gasteiger partial charge in [-0.3, -0.25) is 9.36 Å². The van der Waals surface area contributed by atoms with Crippen molar-refractivity contribution in [3.05, 3.63) is 94.5 Å². The zero-order valence-corrected chi connectivity index (χ0v) is 18.2. The second kappa shape index (κ2) is 8.51. The number of benzene rings is 3. The fourth-order valence-corrected chi connectivity index (χ4v) is 4.67. The van der Waals surface area contributed by atoms with Crippen LogP contribution in [0.15, 0.2) is 82.7 Å². The summed E-state index contributed by atoms with van der Waals surface area (Å²) in [5.74, 6) is 0.803. The molecule has 0 aliphatic rings. The number of rotatable bonds is 6. The highest BCUT2D eigenvalue weighted by molar-refractivity contribution is 7.98. The molecule has 32 heavy (non-hydrogen) atoms. The van der Waals surface area contributed by atoms with Gasteiger partial charge in [-0.1, -0.05) is 48.2 Å². The third-order valence-corrected chi connectivity index (χ3v) is 6.20. The molecule has 5 nitrogen and oxygen atoms in total. The van der Waals surface area contributed by atoms with Gasteiger partial charge in [-0.2, -0.15) is 0 Å². The maximum Gasteiger partial charge on any atom is 0.283 e. The second-order valence-corrected chi connectivity index (χ2v) is 8.18. The standard InChI is InChI=1S/C25H20FN3O2S/c1-2-31-18-13-11-17(12-14-18)29-24(30)23-22(19-8-4-6-10-21(19)27-23)28-25(29)32-15-16-7-3-5-9-20(16)26/h3-14,27H,2,15H2,1H3. The quantitative estimate of drug-likeness (QED) is 0.269. The molecule has 2 aromatic heterocycles. The molecule has 0 spiro atoms. The van der Waals surface area contributed by atoms with E-state index in [1.54, 1.807) is 22.8 Å². The van der Waals surface area contributed by atoms with Gasteiger partial charge in [0.1, 0.15) is 22.6 Å². The van der Waals surface area contributed by atoms with Crippen LogP contribution in [0.25, 0.3) is 27.6 Å². The summed E-state index contributed by atoms with van der Waals surface area (Å²) in [5.41, 5.74) is 2.93. The average Bonchev–Trinajstić information content (AvgIpc) is 3.19. The Morgan fingerprint density at radius 2 is 1.78 bits per heavy atom. The zero-order valence-electron chi connectivity index (χ0n) is 17.3. The molecular weight excluding hydrogens is 425 g/mol. The summed E-state index contributed by atoms with van der Waals surface area (Å²) in [6.45, 7) is 2.48. The summed E-state index contributed by atoms with van der Waals surface area (Å²) < 4.78 is 21.3. The lowest BCUT2D eigenvalue weighted by Crippen LogP contribution is -2.21. The number of hydrogen-bond acceptors (Lipinski definition) is 4. The predicted molar refractivity (Wildman–Crippen MR) is 126 cm³/mol. The van der Waals surface area contributed by atoms with Crippen molar-refractivity contribution in [1.29, 1.82) is 0 Å². The van der Waals surface area contributed by atoms with E-state index in [4.69, 9.17) is 9.72 Å². The van der Waals surface area contributed by atoms with Crippen LogP contribution in [0.5, 0.6) is 5.75 Å². The van der Waals surface area contributed by atoms with Crippen molar-refractivity contribution in [3.63, 3.8) is 0 Å². The Labute approximate surface area is 187 Å². The molecule has 2 heterocycles. The van der Waals surface area contributed by atoms with Crippen LogP contribution in [0.2, 0.25) is 0 Å².